The lowest BCUT2D eigenvalue weighted by molar-refractivity contribution is 0.0839. The largest absolute Gasteiger partial charge is 0.332 e. The number of nitrogens with zero attached hydrogens (tertiary/aromatic N) is 2. The van der Waals surface area contributed by atoms with Gasteiger partial charge in [0.25, 0.3) is 11.8 Å². The molecule has 28 heavy (non-hydrogen) atoms. The molecule has 4 aromatic rings. The van der Waals surface area contributed by atoms with E-state index in [-0.39, 0.29) is 5.69 Å². The van der Waals surface area contributed by atoms with E-state index in [0.29, 0.717) is 12.2 Å². The Morgan fingerprint density at radius 1 is 0.821 bits per heavy atom. The van der Waals surface area contributed by atoms with Gasteiger partial charge in [-0.2, -0.15) is 0 Å². The van der Waals surface area contributed by atoms with Gasteiger partial charge in [0.15, 0.2) is 0 Å². The Balaban J connectivity index is 1.59. The third-order valence-electron chi connectivity index (χ3n) is 4.41. The highest BCUT2D eigenvalue weighted by Gasteiger charge is 2.17. The fourth-order valence-corrected chi connectivity index (χ4v) is 3.07. The Kier molecular flexibility index (Phi) is 4.84. The first kappa shape index (κ1) is 17.5. The number of carbonyl (C=O) groups excluding carboxylic acids is 2. The van der Waals surface area contributed by atoms with Gasteiger partial charge in [-0.1, -0.05) is 54.6 Å². The van der Waals surface area contributed by atoms with E-state index in [1.165, 1.54) is 6.20 Å². The van der Waals surface area contributed by atoms with Crippen LogP contribution in [0.5, 0.6) is 0 Å². The summed E-state index contributed by atoms with van der Waals surface area (Å²) in [6, 6.07) is 24.5. The van der Waals surface area contributed by atoms with E-state index in [0.717, 1.165) is 16.5 Å². The third kappa shape index (κ3) is 3.61. The first-order valence-electron chi connectivity index (χ1n) is 8.86. The molecule has 0 aliphatic rings. The maximum absolute atomic E-state index is 12.8. The standard InChI is InChI=1S/C22H18N4O2/c27-21(18-11-6-7-13-23-18)24-25-22(28)20-14-17-10-4-5-12-19(17)26(20)15-16-8-2-1-3-9-16/h1-14H,15H2,(H,24,27)(H,25,28). The van der Waals surface area contributed by atoms with Crippen LogP contribution in [0.25, 0.3) is 10.9 Å². The average molecular weight is 370 g/mol. The molecular weight excluding hydrogens is 352 g/mol. The van der Waals surface area contributed by atoms with E-state index >= 15 is 0 Å². The number of pyridine rings is 1. The van der Waals surface area contributed by atoms with Crippen LogP contribution < -0.4 is 10.9 Å². The van der Waals surface area contributed by atoms with Gasteiger partial charge in [-0.15, -0.1) is 0 Å². The Bertz CT molecular complexity index is 1120. The normalized spacial score (nSPS) is 10.6. The van der Waals surface area contributed by atoms with Gasteiger partial charge in [0, 0.05) is 23.6 Å². The number of rotatable bonds is 4. The summed E-state index contributed by atoms with van der Waals surface area (Å²) in [5.41, 5.74) is 7.63. The number of carbonyl (C=O) groups is 2. The van der Waals surface area contributed by atoms with Crippen LogP contribution in [0.3, 0.4) is 0 Å². The van der Waals surface area contributed by atoms with Crippen molar-refractivity contribution in [2.45, 2.75) is 6.54 Å². The van der Waals surface area contributed by atoms with Crippen LogP contribution in [0.4, 0.5) is 0 Å². The second kappa shape index (κ2) is 7.75. The molecule has 0 saturated carbocycles. The Morgan fingerprint density at radius 3 is 2.32 bits per heavy atom. The topological polar surface area (TPSA) is 76.0 Å². The molecule has 0 aliphatic heterocycles. The number of fused-ring (bicyclic) bond motifs is 1. The van der Waals surface area contributed by atoms with Crippen molar-refractivity contribution < 1.29 is 9.59 Å². The lowest BCUT2D eigenvalue weighted by Crippen LogP contribution is -2.42. The molecule has 0 spiro atoms. The summed E-state index contributed by atoms with van der Waals surface area (Å²) >= 11 is 0. The van der Waals surface area contributed by atoms with Crippen molar-refractivity contribution in [2.75, 3.05) is 0 Å². The van der Waals surface area contributed by atoms with Crippen LogP contribution in [0.2, 0.25) is 0 Å². The maximum atomic E-state index is 12.8. The monoisotopic (exact) mass is 370 g/mol. The summed E-state index contributed by atoms with van der Waals surface area (Å²) in [5, 5.41) is 0.958. The SMILES string of the molecule is O=C(NNC(=O)c1cc2ccccc2n1Cc1ccccc1)c1ccccn1. The van der Waals surface area contributed by atoms with Gasteiger partial charge < -0.3 is 4.57 Å². The average Bonchev–Trinajstić information content (AvgIpc) is 3.12. The minimum atomic E-state index is -0.473. The van der Waals surface area contributed by atoms with Crippen molar-refractivity contribution in [1.82, 2.24) is 20.4 Å². The quantitative estimate of drug-likeness (QED) is 0.542. The summed E-state index contributed by atoms with van der Waals surface area (Å²) in [4.78, 5) is 28.9. The van der Waals surface area contributed by atoms with Crippen molar-refractivity contribution in [1.29, 1.82) is 0 Å². The first-order valence-corrected chi connectivity index (χ1v) is 8.86. The molecule has 6 nitrogen and oxygen atoms in total. The number of nitrogens with one attached hydrogen (secondary N) is 2. The van der Waals surface area contributed by atoms with E-state index in [1.54, 1.807) is 18.2 Å². The summed E-state index contributed by atoms with van der Waals surface area (Å²) in [6.07, 6.45) is 1.52. The van der Waals surface area contributed by atoms with Gasteiger partial charge in [-0.25, -0.2) is 0 Å². The van der Waals surface area contributed by atoms with Crippen LogP contribution in [-0.4, -0.2) is 21.4 Å². The number of amides is 2. The van der Waals surface area contributed by atoms with E-state index in [4.69, 9.17) is 0 Å². The summed E-state index contributed by atoms with van der Waals surface area (Å²) in [6.45, 7) is 0.547. The fourth-order valence-electron chi connectivity index (χ4n) is 3.07. The van der Waals surface area contributed by atoms with Crippen LogP contribution in [-0.2, 0) is 6.54 Å². The summed E-state index contributed by atoms with van der Waals surface area (Å²) < 4.78 is 1.94. The zero-order valence-electron chi connectivity index (χ0n) is 15.0. The van der Waals surface area contributed by atoms with E-state index in [9.17, 15) is 9.59 Å². The number of hydrazine groups is 1. The van der Waals surface area contributed by atoms with Crippen molar-refractivity contribution in [3.8, 4) is 0 Å². The highest BCUT2D eigenvalue weighted by Crippen LogP contribution is 2.21. The highest BCUT2D eigenvalue weighted by atomic mass is 16.2. The molecule has 0 bridgehead atoms. The highest BCUT2D eigenvalue weighted by molar-refractivity contribution is 6.00. The molecule has 2 amide bonds. The number of aromatic nitrogens is 2. The number of hydrogen-bond donors (Lipinski definition) is 2. The molecule has 0 radical (unpaired) electrons. The predicted molar refractivity (Wildman–Crippen MR) is 107 cm³/mol. The number of hydrogen-bond acceptors (Lipinski definition) is 3. The first-order chi connectivity index (χ1) is 13.7. The van der Waals surface area contributed by atoms with Gasteiger partial charge in [-0.3, -0.25) is 25.4 Å². The van der Waals surface area contributed by atoms with Gasteiger partial charge in [0.2, 0.25) is 0 Å². The molecule has 2 aromatic heterocycles. The van der Waals surface area contributed by atoms with Crippen molar-refractivity contribution in [2.24, 2.45) is 0 Å². The minimum Gasteiger partial charge on any atom is -0.332 e. The van der Waals surface area contributed by atoms with E-state index < -0.39 is 11.8 Å². The van der Waals surface area contributed by atoms with Crippen LogP contribution in [0.1, 0.15) is 26.5 Å². The van der Waals surface area contributed by atoms with E-state index in [1.807, 2.05) is 65.2 Å². The zero-order valence-corrected chi connectivity index (χ0v) is 15.0. The molecule has 0 aliphatic carbocycles. The van der Waals surface area contributed by atoms with Gasteiger partial charge in [0.05, 0.1) is 0 Å². The smallest absolute Gasteiger partial charge is 0.288 e. The zero-order chi connectivity index (χ0) is 19.3. The third-order valence-corrected chi connectivity index (χ3v) is 4.41. The molecule has 6 heteroatoms. The molecular formula is C22H18N4O2. The molecule has 4 rings (SSSR count). The van der Waals surface area contributed by atoms with Gasteiger partial charge in [0.1, 0.15) is 11.4 Å². The lowest BCUT2D eigenvalue weighted by atomic mass is 10.2. The van der Waals surface area contributed by atoms with Crippen molar-refractivity contribution in [3.63, 3.8) is 0 Å². The molecule has 0 fully saturated rings. The Hall–Kier alpha value is -3.93. The number of benzene rings is 2. The van der Waals surface area contributed by atoms with Gasteiger partial charge in [-0.05, 0) is 29.8 Å². The molecule has 2 aromatic carbocycles. The minimum absolute atomic E-state index is 0.229. The van der Waals surface area contributed by atoms with Crippen LogP contribution in [0, 0.1) is 0 Å². The number of para-hydroxylation sites is 1. The van der Waals surface area contributed by atoms with Crippen molar-refractivity contribution in [3.05, 3.63) is 102 Å². The molecule has 0 atom stereocenters. The molecule has 2 N–H and O–H groups in total. The lowest BCUT2D eigenvalue weighted by Gasteiger charge is -2.12. The fraction of sp³-hybridized carbons (Fsp3) is 0.0455. The maximum Gasteiger partial charge on any atom is 0.288 e. The second-order valence-corrected chi connectivity index (χ2v) is 6.28. The van der Waals surface area contributed by atoms with E-state index in [2.05, 4.69) is 15.8 Å². The van der Waals surface area contributed by atoms with Crippen LogP contribution >= 0.6 is 0 Å². The summed E-state index contributed by atoms with van der Waals surface area (Å²) in [5.74, 6) is -0.865. The Labute approximate surface area is 161 Å². The van der Waals surface area contributed by atoms with Crippen molar-refractivity contribution >= 4 is 22.7 Å². The van der Waals surface area contributed by atoms with Gasteiger partial charge >= 0.3 is 0 Å². The summed E-state index contributed by atoms with van der Waals surface area (Å²) in [7, 11) is 0. The molecule has 2 heterocycles. The predicted octanol–water partition coefficient (Wildman–Crippen LogP) is 3.16. The van der Waals surface area contributed by atoms with Crippen LogP contribution in [0.15, 0.2) is 85.1 Å². The molecule has 0 unspecified atom stereocenters. The second-order valence-electron chi connectivity index (χ2n) is 6.28. The Morgan fingerprint density at radius 2 is 1.54 bits per heavy atom. The molecule has 138 valence electrons. The molecule has 0 saturated heterocycles.